The summed E-state index contributed by atoms with van der Waals surface area (Å²) in [7, 11) is 0. The van der Waals surface area contributed by atoms with Crippen LogP contribution in [0, 0.1) is 0 Å². The molecule has 0 heterocycles. The maximum atomic E-state index is 12.5. The number of aromatic hydroxyl groups is 2. The predicted molar refractivity (Wildman–Crippen MR) is 105 cm³/mol. The summed E-state index contributed by atoms with van der Waals surface area (Å²) in [5.74, 6) is -1.43. The lowest BCUT2D eigenvalue weighted by atomic mass is 10.0. The Kier molecular flexibility index (Phi) is 7.55. The van der Waals surface area contributed by atoms with E-state index in [1.54, 1.807) is 24.3 Å². The summed E-state index contributed by atoms with van der Waals surface area (Å²) in [6.45, 7) is 1.24. The molecule has 29 heavy (non-hydrogen) atoms. The molecule has 0 unspecified atom stereocenters. The standard InChI is InChI=1S/C20H24N4O5/c1-12(25)23-24-20(29)18(11-14-4-8-16(27)9-5-14)22-19(28)17(21)10-13-2-6-15(26)7-3-13/h2-9,17-18,26-27H,10-11,21H2,1H3,(H,22,28)(H,23,25)(H,24,29)/t17-,18-/m0/s1. The van der Waals surface area contributed by atoms with E-state index >= 15 is 0 Å². The van der Waals surface area contributed by atoms with Gasteiger partial charge in [0.15, 0.2) is 0 Å². The van der Waals surface area contributed by atoms with E-state index in [4.69, 9.17) is 5.73 Å². The normalized spacial score (nSPS) is 12.5. The van der Waals surface area contributed by atoms with Gasteiger partial charge in [0.2, 0.25) is 11.8 Å². The van der Waals surface area contributed by atoms with Crippen LogP contribution in [0.3, 0.4) is 0 Å². The SMILES string of the molecule is CC(=O)NNC(=O)[C@H](Cc1ccc(O)cc1)NC(=O)[C@@H](N)Cc1ccc(O)cc1. The molecule has 0 fully saturated rings. The number of hydrogen-bond acceptors (Lipinski definition) is 6. The third-order valence-electron chi connectivity index (χ3n) is 4.10. The fourth-order valence-corrected chi connectivity index (χ4v) is 2.57. The van der Waals surface area contributed by atoms with Gasteiger partial charge < -0.3 is 21.3 Å². The second-order valence-corrected chi connectivity index (χ2v) is 6.58. The molecule has 0 saturated carbocycles. The van der Waals surface area contributed by atoms with Crippen molar-refractivity contribution in [1.82, 2.24) is 16.2 Å². The molecular formula is C20H24N4O5. The van der Waals surface area contributed by atoms with Crippen LogP contribution in [-0.2, 0) is 27.2 Å². The number of phenolic OH excluding ortho intramolecular Hbond substituents is 2. The number of benzene rings is 2. The highest BCUT2D eigenvalue weighted by atomic mass is 16.3. The van der Waals surface area contributed by atoms with Crippen LogP contribution in [0.25, 0.3) is 0 Å². The molecule has 0 radical (unpaired) electrons. The molecule has 3 amide bonds. The van der Waals surface area contributed by atoms with Crippen LogP contribution in [0.15, 0.2) is 48.5 Å². The van der Waals surface area contributed by atoms with Gasteiger partial charge in [-0.25, -0.2) is 0 Å². The highest BCUT2D eigenvalue weighted by molar-refractivity contribution is 5.90. The fourth-order valence-electron chi connectivity index (χ4n) is 2.57. The summed E-state index contributed by atoms with van der Waals surface area (Å²) in [5.41, 5.74) is 11.8. The van der Waals surface area contributed by atoms with Gasteiger partial charge in [0.1, 0.15) is 17.5 Å². The van der Waals surface area contributed by atoms with Gasteiger partial charge >= 0.3 is 0 Å². The van der Waals surface area contributed by atoms with E-state index in [0.29, 0.717) is 5.56 Å². The monoisotopic (exact) mass is 400 g/mol. The Morgan fingerprint density at radius 3 is 1.79 bits per heavy atom. The number of amides is 3. The van der Waals surface area contributed by atoms with Crippen LogP contribution in [0.5, 0.6) is 11.5 Å². The van der Waals surface area contributed by atoms with Gasteiger partial charge in [-0.2, -0.15) is 0 Å². The first kappa shape index (κ1) is 21.7. The number of hydrogen-bond donors (Lipinski definition) is 6. The van der Waals surface area contributed by atoms with Crippen molar-refractivity contribution in [3.63, 3.8) is 0 Å². The molecule has 0 aliphatic heterocycles. The van der Waals surface area contributed by atoms with Gasteiger partial charge in [-0.15, -0.1) is 0 Å². The van der Waals surface area contributed by atoms with Crippen LogP contribution >= 0.6 is 0 Å². The van der Waals surface area contributed by atoms with E-state index in [-0.39, 0.29) is 24.3 Å². The van der Waals surface area contributed by atoms with E-state index in [2.05, 4.69) is 16.2 Å². The van der Waals surface area contributed by atoms with E-state index < -0.39 is 29.8 Å². The van der Waals surface area contributed by atoms with E-state index in [0.717, 1.165) is 5.56 Å². The minimum atomic E-state index is -0.996. The zero-order chi connectivity index (χ0) is 21.4. The van der Waals surface area contributed by atoms with Crippen LogP contribution in [0.1, 0.15) is 18.1 Å². The molecule has 0 aliphatic carbocycles. The molecule has 154 valence electrons. The van der Waals surface area contributed by atoms with Crippen molar-refractivity contribution in [2.45, 2.75) is 31.8 Å². The molecule has 0 bridgehead atoms. The molecule has 2 aromatic rings. The summed E-state index contributed by atoms with van der Waals surface area (Å²) < 4.78 is 0. The summed E-state index contributed by atoms with van der Waals surface area (Å²) in [6, 6.07) is 10.6. The molecular weight excluding hydrogens is 376 g/mol. The van der Waals surface area contributed by atoms with Crippen molar-refractivity contribution in [1.29, 1.82) is 0 Å². The number of carbonyl (C=O) groups is 3. The zero-order valence-corrected chi connectivity index (χ0v) is 15.9. The maximum absolute atomic E-state index is 12.5. The Hall–Kier alpha value is -3.59. The van der Waals surface area contributed by atoms with Crippen molar-refractivity contribution in [2.75, 3.05) is 0 Å². The second kappa shape index (κ2) is 10.1. The topological polar surface area (TPSA) is 154 Å². The summed E-state index contributed by atoms with van der Waals surface area (Å²) in [5, 5.41) is 21.3. The summed E-state index contributed by atoms with van der Waals surface area (Å²) >= 11 is 0. The Morgan fingerprint density at radius 2 is 1.31 bits per heavy atom. The van der Waals surface area contributed by atoms with Crippen LogP contribution in [0.4, 0.5) is 0 Å². The van der Waals surface area contributed by atoms with Gasteiger partial charge in [0.25, 0.3) is 5.91 Å². The van der Waals surface area contributed by atoms with Crippen molar-refractivity contribution in [2.24, 2.45) is 5.73 Å². The lowest BCUT2D eigenvalue weighted by Crippen LogP contribution is -2.55. The number of carbonyl (C=O) groups excluding carboxylic acids is 3. The Morgan fingerprint density at radius 1 is 0.828 bits per heavy atom. The molecule has 0 aliphatic rings. The Labute approximate surface area is 167 Å². The van der Waals surface area contributed by atoms with Crippen molar-refractivity contribution >= 4 is 17.7 Å². The lowest BCUT2D eigenvalue weighted by molar-refractivity contribution is -0.132. The highest BCUT2D eigenvalue weighted by Crippen LogP contribution is 2.13. The Balaban J connectivity index is 2.06. The molecule has 9 nitrogen and oxygen atoms in total. The third kappa shape index (κ3) is 7.15. The van der Waals surface area contributed by atoms with Gasteiger partial charge in [0, 0.05) is 13.3 Å². The molecule has 2 aromatic carbocycles. The summed E-state index contributed by atoms with van der Waals surface area (Å²) in [4.78, 5) is 36.0. The van der Waals surface area contributed by atoms with E-state index in [1.165, 1.54) is 31.2 Å². The summed E-state index contributed by atoms with van der Waals surface area (Å²) in [6.07, 6.45) is 0.342. The van der Waals surface area contributed by atoms with Gasteiger partial charge in [0.05, 0.1) is 6.04 Å². The zero-order valence-electron chi connectivity index (χ0n) is 15.9. The first-order chi connectivity index (χ1) is 13.7. The number of rotatable bonds is 7. The Bertz CT molecular complexity index is 852. The second-order valence-electron chi connectivity index (χ2n) is 6.58. The number of nitrogens with two attached hydrogens (primary N) is 1. The average molecular weight is 400 g/mol. The minimum absolute atomic E-state index is 0.0768. The number of hydrazine groups is 1. The highest BCUT2D eigenvalue weighted by Gasteiger charge is 2.24. The van der Waals surface area contributed by atoms with Gasteiger partial charge in [-0.3, -0.25) is 25.2 Å². The molecule has 2 rings (SSSR count). The smallest absolute Gasteiger partial charge is 0.261 e. The fraction of sp³-hybridized carbons (Fsp3) is 0.250. The van der Waals surface area contributed by atoms with Crippen molar-refractivity contribution < 1.29 is 24.6 Å². The van der Waals surface area contributed by atoms with Gasteiger partial charge in [-0.05, 0) is 41.8 Å². The van der Waals surface area contributed by atoms with Crippen LogP contribution in [0.2, 0.25) is 0 Å². The quantitative estimate of drug-likeness (QED) is 0.356. The molecule has 0 saturated heterocycles. The molecule has 0 aromatic heterocycles. The molecule has 9 heteroatoms. The van der Waals surface area contributed by atoms with Crippen LogP contribution < -0.4 is 21.9 Å². The third-order valence-corrected chi connectivity index (χ3v) is 4.10. The maximum Gasteiger partial charge on any atom is 0.261 e. The molecule has 2 atom stereocenters. The largest absolute Gasteiger partial charge is 0.508 e. The van der Waals surface area contributed by atoms with E-state index in [1.807, 2.05) is 0 Å². The first-order valence-electron chi connectivity index (χ1n) is 8.93. The van der Waals surface area contributed by atoms with E-state index in [9.17, 15) is 24.6 Å². The molecule has 7 N–H and O–H groups in total. The number of phenols is 2. The lowest BCUT2D eigenvalue weighted by Gasteiger charge is -2.21. The minimum Gasteiger partial charge on any atom is -0.508 e. The van der Waals surface area contributed by atoms with Crippen molar-refractivity contribution in [3.8, 4) is 11.5 Å². The average Bonchev–Trinajstić information content (AvgIpc) is 2.68. The number of nitrogens with one attached hydrogen (secondary N) is 3. The first-order valence-corrected chi connectivity index (χ1v) is 8.93. The molecule has 0 spiro atoms. The van der Waals surface area contributed by atoms with Crippen molar-refractivity contribution in [3.05, 3.63) is 59.7 Å². The van der Waals surface area contributed by atoms with Gasteiger partial charge in [-0.1, -0.05) is 24.3 Å². The predicted octanol–water partition coefficient (Wildman–Crippen LogP) is -0.138. The van der Waals surface area contributed by atoms with Crippen LogP contribution in [-0.4, -0.2) is 40.0 Å².